The molecule has 1 fully saturated rings. The maximum Gasteiger partial charge on any atom is 0.245 e. The Labute approximate surface area is 129 Å². The van der Waals surface area contributed by atoms with Gasteiger partial charge in [0.15, 0.2) is 5.82 Å². The van der Waals surface area contributed by atoms with E-state index >= 15 is 0 Å². The first kappa shape index (κ1) is 14.5. The second-order valence-corrected chi connectivity index (χ2v) is 5.90. The lowest BCUT2D eigenvalue weighted by atomic mass is 9.86. The van der Waals surface area contributed by atoms with Gasteiger partial charge in [-0.25, -0.2) is 0 Å². The molecule has 0 saturated carbocycles. The van der Waals surface area contributed by atoms with Crippen molar-refractivity contribution in [2.24, 2.45) is 0 Å². The number of aromatic nitrogens is 3. The molecular formula is C16H19N5O. The quantitative estimate of drug-likeness (QED) is 0.938. The first-order chi connectivity index (χ1) is 10.6. The third-order valence-corrected chi connectivity index (χ3v) is 3.93. The number of hydrogen-bond acceptors (Lipinski definition) is 5. The van der Waals surface area contributed by atoms with Crippen LogP contribution in [0.3, 0.4) is 0 Å². The number of morpholine rings is 1. The summed E-state index contributed by atoms with van der Waals surface area (Å²) in [7, 11) is 0. The first-order valence-corrected chi connectivity index (χ1v) is 7.37. The minimum absolute atomic E-state index is 0.487. The Hall–Kier alpha value is -2.39. The van der Waals surface area contributed by atoms with Crippen LogP contribution in [0.2, 0.25) is 0 Å². The largest absolute Gasteiger partial charge is 0.378 e. The van der Waals surface area contributed by atoms with Crippen molar-refractivity contribution >= 4 is 5.95 Å². The SMILES string of the molecule is CC(C)(C#N)c1ccc(-c2nc(N3CCOCC3)n[nH]2)cc1. The number of ether oxygens (including phenoxy) is 1. The molecule has 114 valence electrons. The zero-order valence-corrected chi connectivity index (χ0v) is 12.8. The van der Waals surface area contributed by atoms with Crippen LogP contribution in [-0.4, -0.2) is 41.5 Å². The highest BCUT2D eigenvalue weighted by atomic mass is 16.5. The molecule has 22 heavy (non-hydrogen) atoms. The average Bonchev–Trinajstić information content (AvgIpc) is 3.06. The Kier molecular flexibility index (Phi) is 3.82. The van der Waals surface area contributed by atoms with Gasteiger partial charge in [0.2, 0.25) is 5.95 Å². The number of hydrogen-bond donors (Lipinski definition) is 1. The summed E-state index contributed by atoms with van der Waals surface area (Å²) in [6.45, 7) is 6.86. The second-order valence-electron chi connectivity index (χ2n) is 5.90. The molecule has 6 nitrogen and oxygen atoms in total. The molecule has 0 radical (unpaired) electrons. The standard InChI is InChI=1S/C16H19N5O/c1-16(2,11-17)13-5-3-12(4-6-13)14-18-15(20-19-14)21-7-9-22-10-8-21/h3-6H,7-10H2,1-2H3,(H,18,19,20). The van der Waals surface area contributed by atoms with E-state index in [9.17, 15) is 5.26 Å². The van der Waals surface area contributed by atoms with E-state index < -0.39 is 5.41 Å². The number of nitrogens with zero attached hydrogens (tertiary/aromatic N) is 4. The van der Waals surface area contributed by atoms with Gasteiger partial charge in [-0.2, -0.15) is 10.2 Å². The minimum atomic E-state index is -0.487. The summed E-state index contributed by atoms with van der Waals surface area (Å²) >= 11 is 0. The molecule has 3 rings (SSSR count). The predicted molar refractivity (Wildman–Crippen MR) is 83.5 cm³/mol. The minimum Gasteiger partial charge on any atom is -0.378 e. The maximum absolute atomic E-state index is 9.19. The summed E-state index contributed by atoms with van der Waals surface area (Å²) < 4.78 is 5.33. The molecule has 1 aliphatic rings. The topological polar surface area (TPSA) is 77.8 Å². The highest BCUT2D eigenvalue weighted by Crippen LogP contribution is 2.25. The summed E-state index contributed by atoms with van der Waals surface area (Å²) in [6, 6.07) is 10.2. The molecule has 1 aliphatic heterocycles. The molecule has 1 saturated heterocycles. The van der Waals surface area contributed by atoms with Crippen molar-refractivity contribution < 1.29 is 4.74 Å². The number of rotatable bonds is 3. The molecule has 1 aromatic carbocycles. The number of aromatic amines is 1. The van der Waals surface area contributed by atoms with Gasteiger partial charge in [0.25, 0.3) is 0 Å². The highest BCUT2D eigenvalue weighted by molar-refractivity contribution is 5.57. The van der Waals surface area contributed by atoms with Crippen LogP contribution in [0.4, 0.5) is 5.95 Å². The van der Waals surface area contributed by atoms with Crippen molar-refractivity contribution in [3.8, 4) is 17.5 Å². The molecule has 2 heterocycles. The normalized spacial score (nSPS) is 15.6. The van der Waals surface area contributed by atoms with Crippen LogP contribution in [0.15, 0.2) is 24.3 Å². The van der Waals surface area contributed by atoms with Gasteiger partial charge < -0.3 is 9.64 Å². The van der Waals surface area contributed by atoms with E-state index in [1.54, 1.807) is 0 Å². The number of nitriles is 1. The van der Waals surface area contributed by atoms with Crippen LogP contribution in [0.1, 0.15) is 19.4 Å². The number of H-pyrrole nitrogens is 1. The zero-order chi connectivity index (χ0) is 15.6. The molecule has 6 heteroatoms. The maximum atomic E-state index is 9.19. The Bertz CT molecular complexity index is 677. The van der Waals surface area contributed by atoms with Crippen LogP contribution in [0.5, 0.6) is 0 Å². The van der Waals surface area contributed by atoms with Crippen LogP contribution < -0.4 is 4.90 Å². The van der Waals surface area contributed by atoms with E-state index in [1.807, 2.05) is 38.1 Å². The van der Waals surface area contributed by atoms with E-state index in [-0.39, 0.29) is 0 Å². The fourth-order valence-corrected chi connectivity index (χ4v) is 2.40. The average molecular weight is 297 g/mol. The molecule has 0 amide bonds. The molecule has 0 atom stereocenters. The third-order valence-electron chi connectivity index (χ3n) is 3.93. The molecule has 1 N–H and O–H groups in total. The van der Waals surface area contributed by atoms with Gasteiger partial charge in [-0.15, -0.1) is 5.10 Å². The van der Waals surface area contributed by atoms with Crippen molar-refractivity contribution in [1.29, 1.82) is 5.26 Å². The predicted octanol–water partition coefficient (Wildman–Crippen LogP) is 2.11. The lowest BCUT2D eigenvalue weighted by Gasteiger charge is -2.25. The number of nitrogens with one attached hydrogen (secondary N) is 1. The van der Waals surface area contributed by atoms with Crippen LogP contribution in [-0.2, 0) is 10.2 Å². The highest BCUT2D eigenvalue weighted by Gasteiger charge is 2.20. The Morgan fingerprint density at radius 1 is 1.23 bits per heavy atom. The van der Waals surface area contributed by atoms with E-state index in [4.69, 9.17) is 4.74 Å². The van der Waals surface area contributed by atoms with Crippen molar-refractivity contribution in [1.82, 2.24) is 15.2 Å². The third kappa shape index (κ3) is 2.81. The Balaban J connectivity index is 1.80. The lowest BCUT2D eigenvalue weighted by molar-refractivity contribution is 0.122. The molecule has 0 bridgehead atoms. The molecule has 0 aliphatic carbocycles. The van der Waals surface area contributed by atoms with Gasteiger partial charge in [0.1, 0.15) is 0 Å². The number of benzene rings is 1. The Morgan fingerprint density at radius 3 is 2.55 bits per heavy atom. The van der Waals surface area contributed by atoms with Crippen molar-refractivity contribution in [3.63, 3.8) is 0 Å². The second kappa shape index (κ2) is 5.78. The summed E-state index contributed by atoms with van der Waals surface area (Å²) in [5, 5.41) is 16.5. The van der Waals surface area contributed by atoms with Gasteiger partial charge in [0.05, 0.1) is 24.7 Å². The molecule has 2 aromatic rings. The number of anilines is 1. The van der Waals surface area contributed by atoms with E-state index in [0.29, 0.717) is 19.2 Å². The van der Waals surface area contributed by atoms with E-state index in [2.05, 4.69) is 26.2 Å². The van der Waals surface area contributed by atoms with Crippen molar-refractivity contribution in [2.45, 2.75) is 19.3 Å². The summed E-state index contributed by atoms with van der Waals surface area (Å²) in [5.41, 5.74) is 1.47. The summed E-state index contributed by atoms with van der Waals surface area (Å²) in [6.07, 6.45) is 0. The van der Waals surface area contributed by atoms with E-state index in [0.717, 1.165) is 30.0 Å². The first-order valence-electron chi connectivity index (χ1n) is 7.37. The van der Waals surface area contributed by atoms with E-state index in [1.165, 1.54) is 0 Å². The van der Waals surface area contributed by atoms with Crippen LogP contribution >= 0.6 is 0 Å². The lowest BCUT2D eigenvalue weighted by Crippen LogP contribution is -2.36. The fraction of sp³-hybridized carbons (Fsp3) is 0.438. The van der Waals surface area contributed by atoms with Gasteiger partial charge >= 0.3 is 0 Å². The summed E-state index contributed by atoms with van der Waals surface area (Å²) in [4.78, 5) is 6.66. The van der Waals surface area contributed by atoms with Crippen molar-refractivity contribution in [2.75, 3.05) is 31.2 Å². The van der Waals surface area contributed by atoms with Gasteiger partial charge in [-0.05, 0) is 19.4 Å². The van der Waals surface area contributed by atoms with Gasteiger partial charge in [0, 0.05) is 18.7 Å². The Morgan fingerprint density at radius 2 is 1.91 bits per heavy atom. The summed E-state index contributed by atoms with van der Waals surface area (Å²) in [5.74, 6) is 1.45. The molecular weight excluding hydrogens is 278 g/mol. The fourth-order valence-electron chi connectivity index (χ4n) is 2.40. The molecule has 0 spiro atoms. The zero-order valence-electron chi connectivity index (χ0n) is 12.8. The molecule has 1 aromatic heterocycles. The van der Waals surface area contributed by atoms with Crippen LogP contribution in [0.25, 0.3) is 11.4 Å². The molecule has 0 unspecified atom stereocenters. The monoisotopic (exact) mass is 297 g/mol. The smallest absolute Gasteiger partial charge is 0.245 e. The van der Waals surface area contributed by atoms with Gasteiger partial charge in [-0.3, -0.25) is 5.10 Å². The van der Waals surface area contributed by atoms with Crippen LogP contribution in [0, 0.1) is 11.3 Å². The van der Waals surface area contributed by atoms with Crippen molar-refractivity contribution in [3.05, 3.63) is 29.8 Å². The van der Waals surface area contributed by atoms with Gasteiger partial charge in [-0.1, -0.05) is 24.3 Å².